The molecule has 0 spiro atoms. The molecule has 3 atom stereocenters. The molecule has 32 heavy (non-hydrogen) atoms. The molecular weight excluding hydrogens is 404 g/mol. The lowest BCUT2D eigenvalue weighted by molar-refractivity contribution is 0.00418. The summed E-state index contributed by atoms with van der Waals surface area (Å²) in [5, 5.41) is 3.59. The van der Waals surface area contributed by atoms with Crippen LogP contribution in [0.5, 0.6) is 11.5 Å². The Labute approximate surface area is 191 Å². The number of piperidine rings is 1. The number of nitrogens with one attached hydrogen (secondary N) is 1. The molecule has 6 heteroatoms. The molecule has 6 nitrogen and oxygen atoms in total. The topological polar surface area (TPSA) is 52.2 Å². The molecule has 1 unspecified atom stereocenters. The highest BCUT2D eigenvalue weighted by Gasteiger charge is 2.30. The van der Waals surface area contributed by atoms with Crippen LogP contribution < -0.4 is 19.7 Å². The van der Waals surface area contributed by atoms with Crippen molar-refractivity contribution in [3.63, 3.8) is 0 Å². The Bertz CT molecular complexity index is 857. The van der Waals surface area contributed by atoms with Crippen molar-refractivity contribution in [2.24, 2.45) is 0 Å². The Hall–Kier alpha value is -2.28. The Morgan fingerprint density at radius 2 is 1.97 bits per heavy atom. The van der Waals surface area contributed by atoms with Gasteiger partial charge in [0, 0.05) is 38.8 Å². The van der Waals surface area contributed by atoms with Gasteiger partial charge in [-0.1, -0.05) is 18.2 Å². The number of ether oxygens (including phenoxy) is 4. The van der Waals surface area contributed by atoms with Crippen LogP contribution in [0.15, 0.2) is 42.5 Å². The van der Waals surface area contributed by atoms with Gasteiger partial charge >= 0.3 is 0 Å². The molecule has 1 N–H and O–H groups in total. The minimum Gasteiger partial charge on any atom is -0.497 e. The molecule has 2 heterocycles. The van der Waals surface area contributed by atoms with Crippen LogP contribution >= 0.6 is 0 Å². The number of methoxy groups -OCH3 is 2. The van der Waals surface area contributed by atoms with Gasteiger partial charge in [-0.15, -0.1) is 0 Å². The van der Waals surface area contributed by atoms with E-state index in [4.69, 9.17) is 18.9 Å². The van der Waals surface area contributed by atoms with Crippen molar-refractivity contribution in [1.29, 1.82) is 0 Å². The summed E-state index contributed by atoms with van der Waals surface area (Å²) in [6.07, 6.45) is 2.19. The standard InChI is InChI=1S/C26H36N2O4/c1-19-15-23(21-6-8-22(30-3)9-7-21)26(17-27-19)32-18-20-5-10-25-24(16-20)28(12-14-31-25)11-4-13-29-2/h5-10,16,19,23,26-27H,4,11-15,17-18H2,1-3H3/t19-,23?,26-/m0/s1. The lowest BCUT2D eigenvalue weighted by Gasteiger charge is -2.36. The van der Waals surface area contributed by atoms with E-state index >= 15 is 0 Å². The Morgan fingerprint density at radius 1 is 1.12 bits per heavy atom. The van der Waals surface area contributed by atoms with Gasteiger partial charge in [0.2, 0.25) is 0 Å². The van der Waals surface area contributed by atoms with Crippen LogP contribution in [0.3, 0.4) is 0 Å². The molecule has 0 aromatic heterocycles. The molecule has 4 rings (SSSR count). The zero-order valence-corrected chi connectivity index (χ0v) is 19.5. The van der Waals surface area contributed by atoms with Gasteiger partial charge in [0.1, 0.15) is 18.1 Å². The van der Waals surface area contributed by atoms with Crippen molar-refractivity contribution in [1.82, 2.24) is 5.32 Å². The first-order valence-electron chi connectivity index (χ1n) is 11.7. The van der Waals surface area contributed by atoms with E-state index in [9.17, 15) is 0 Å². The molecule has 174 valence electrons. The van der Waals surface area contributed by atoms with Crippen molar-refractivity contribution in [3.05, 3.63) is 53.6 Å². The number of nitrogens with zero attached hydrogens (tertiary/aromatic N) is 1. The Morgan fingerprint density at radius 3 is 2.75 bits per heavy atom. The molecule has 0 bridgehead atoms. The summed E-state index contributed by atoms with van der Waals surface area (Å²) < 4.78 is 22.9. The molecular formula is C26H36N2O4. The van der Waals surface area contributed by atoms with Gasteiger partial charge in [0.15, 0.2) is 0 Å². The number of hydrogen-bond donors (Lipinski definition) is 1. The van der Waals surface area contributed by atoms with Crippen LogP contribution in [0.4, 0.5) is 5.69 Å². The normalized spacial score (nSPS) is 22.8. The fourth-order valence-corrected chi connectivity index (χ4v) is 4.70. The highest BCUT2D eigenvalue weighted by atomic mass is 16.5. The molecule has 0 aliphatic carbocycles. The SMILES string of the molecule is COCCCN1CCOc2ccc(CO[C@H]3CN[C@@H](C)CC3c3ccc(OC)cc3)cc21. The molecule has 1 saturated heterocycles. The van der Waals surface area contributed by atoms with E-state index in [0.717, 1.165) is 62.9 Å². The molecule has 1 fully saturated rings. The van der Waals surface area contributed by atoms with Crippen molar-refractivity contribution in [2.75, 3.05) is 52.0 Å². The van der Waals surface area contributed by atoms with Crippen LogP contribution in [0.2, 0.25) is 0 Å². The maximum Gasteiger partial charge on any atom is 0.142 e. The summed E-state index contributed by atoms with van der Waals surface area (Å²) in [6.45, 7) is 7.07. The molecule has 0 amide bonds. The van der Waals surface area contributed by atoms with Crippen LogP contribution in [-0.2, 0) is 16.1 Å². The first-order chi connectivity index (χ1) is 15.7. The second-order valence-corrected chi connectivity index (χ2v) is 8.76. The third-order valence-corrected chi connectivity index (χ3v) is 6.49. The maximum atomic E-state index is 6.49. The van der Waals surface area contributed by atoms with Crippen molar-refractivity contribution in [3.8, 4) is 11.5 Å². The summed E-state index contributed by atoms with van der Waals surface area (Å²) in [4.78, 5) is 2.39. The van der Waals surface area contributed by atoms with Crippen molar-refractivity contribution in [2.45, 2.75) is 44.4 Å². The lowest BCUT2D eigenvalue weighted by atomic mass is 9.84. The summed E-state index contributed by atoms with van der Waals surface area (Å²) >= 11 is 0. The van der Waals surface area contributed by atoms with Crippen LogP contribution in [0.1, 0.15) is 36.8 Å². The Kier molecular flexibility index (Phi) is 7.90. The van der Waals surface area contributed by atoms with Gasteiger partial charge in [0.25, 0.3) is 0 Å². The first-order valence-corrected chi connectivity index (χ1v) is 11.7. The van der Waals surface area contributed by atoms with Crippen molar-refractivity contribution < 1.29 is 18.9 Å². The van der Waals surface area contributed by atoms with Crippen LogP contribution in [0.25, 0.3) is 0 Å². The minimum atomic E-state index is 0.129. The minimum absolute atomic E-state index is 0.129. The largest absolute Gasteiger partial charge is 0.497 e. The zero-order chi connectivity index (χ0) is 22.3. The molecule has 2 aliphatic heterocycles. The average Bonchev–Trinajstić information content (AvgIpc) is 2.83. The first kappa shape index (κ1) is 22.9. The van der Waals surface area contributed by atoms with E-state index in [2.05, 4.69) is 47.5 Å². The van der Waals surface area contributed by atoms with Crippen molar-refractivity contribution >= 4 is 5.69 Å². The predicted octanol–water partition coefficient (Wildman–Crippen LogP) is 3.98. The second-order valence-electron chi connectivity index (χ2n) is 8.76. The number of hydrogen-bond acceptors (Lipinski definition) is 6. The van der Waals surface area contributed by atoms with Gasteiger partial charge < -0.3 is 29.2 Å². The van der Waals surface area contributed by atoms with E-state index < -0.39 is 0 Å². The summed E-state index contributed by atoms with van der Waals surface area (Å²) in [5.41, 5.74) is 3.65. The molecule has 2 aliphatic rings. The number of fused-ring (bicyclic) bond motifs is 1. The predicted molar refractivity (Wildman–Crippen MR) is 127 cm³/mol. The molecule has 2 aromatic rings. The molecule has 0 saturated carbocycles. The van der Waals surface area contributed by atoms with Gasteiger partial charge in [-0.05, 0) is 55.2 Å². The maximum absolute atomic E-state index is 6.49. The fraction of sp³-hybridized carbons (Fsp3) is 0.538. The van der Waals surface area contributed by atoms with E-state index in [0.29, 0.717) is 18.6 Å². The van der Waals surface area contributed by atoms with E-state index in [1.807, 2.05) is 12.1 Å². The van der Waals surface area contributed by atoms with Gasteiger partial charge in [-0.25, -0.2) is 0 Å². The third-order valence-electron chi connectivity index (χ3n) is 6.49. The number of anilines is 1. The Balaban J connectivity index is 1.43. The van der Waals surface area contributed by atoms with E-state index in [-0.39, 0.29) is 6.10 Å². The quantitative estimate of drug-likeness (QED) is 0.596. The highest BCUT2D eigenvalue weighted by molar-refractivity contribution is 5.61. The van der Waals surface area contributed by atoms with Gasteiger partial charge in [-0.3, -0.25) is 0 Å². The smallest absolute Gasteiger partial charge is 0.142 e. The molecule has 0 radical (unpaired) electrons. The van der Waals surface area contributed by atoms with Crippen LogP contribution in [-0.4, -0.2) is 59.2 Å². The number of rotatable bonds is 9. The second kappa shape index (κ2) is 11.0. The monoisotopic (exact) mass is 440 g/mol. The number of benzene rings is 2. The summed E-state index contributed by atoms with van der Waals surface area (Å²) in [5.74, 6) is 2.21. The lowest BCUT2D eigenvalue weighted by Crippen LogP contribution is -2.45. The van der Waals surface area contributed by atoms with E-state index in [1.165, 1.54) is 11.1 Å². The summed E-state index contributed by atoms with van der Waals surface area (Å²) in [7, 11) is 3.46. The fourth-order valence-electron chi connectivity index (χ4n) is 4.70. The van der Waals surface area contributed by atoms with Gasteiger partial charge in [-0.2, -0.15) is 0 Å². The molecule has 2 aromatic carbocycles. The van der Waals surface area contributed by atoms with E-state index in [1.54, 1.807) is 14.2 Å². The summed E-state index contributed by atoms with van der Waals surface area (Å²) in [6, 6.07) is 15.3. The third kappa shape index (κ3) is 5.55. The highest BCUT2D eigenvalue weighted by Crippen LogP contribution is 2.34. The average molecular weight is 441 g/mol. The van der Waals surface area contributed by atoms with Crippen LogP contribution in [0, 0.1) is 0 Å². The van der Waals surface area contributed by atoms with Gasteiger partial charge in [0.05, 0.1) is 32.1 Å². The zero-order valence-electron chi connectivity index (χ0n) is 19.5.